The van der Waals surface area contributed by atoms with E-state index in [2.05, 4.69) is 29.0 Å². The molecule has 0 aromatic rings. The van der Waals surface area contributed by atoms with E-state index in [0.29, 0.717) is 0 Å². The van der Waals surface area contributed by atoms with E-state index in [9.17, 15) is 0 Å². The molecule has 0 saturated carbocycles. The number of nitrogens with zero attached hydrogens (tertiary/aromatic N) is 1. The van der Waals surface area contributed by atoms with Gasteiger partial charge >= 0.3 is 0 Å². The van der Waals surface area contributed by atoms with Crippen LogP contribution in [0.15, 0.2) is 0 Å². The van der Waals surface area contributed by atoms with E-state index in [4.69, 9.17) is 0 Å². The second-order valence-corrected chi connectivity index (χ2v) is 3.85. The molecule has 1 rings (SSSR count). The van der Waals surface area contributed by atoms with Gasteiger partial charge in [-0.3, -0.25) is 0 Å². The Balaban J connectivity index is 2.11. The largest absolute Gasteiger partial charge is 0.314 e. The summed E-state index contributed by atoms with van der Waals surface area (Å²) in [5.74, 6) is 6.07. The van der Waals surface area contributed by atoms with Gasteiger partial charge in [0.15, 0.2) is 0 Å². The van der Waals surface area contributed by atoms with Gasteiger partial charge in [0.1, 0.15) is 0 Å². The fraction of sp³-hybridized carbons (Fsp3) is 0.833. The maximum Gasteiger partial charge on any atom is 0.0216 e. The third-order valence-electron chi connectivity index (χ3n) is 2.81. The second kappa shape index (κ2) is 6.86. The van der Waals surface area contributed by atoms with Crippen molar-refractivity contribution in [3.63, 3.8) is 0 Å². The van der Waals surface area contributed by atoms with E-state index in [1.165, 1.54) is 25.9 Å². The molecule has 80 valence electrons. The fourth-order valence-electron chi connectivity index (χ4n) is 1.99. The van der Waals surface area contributed by atoms with Gasteiger partial charge < -0.3 is 10.2 Å². The van der Waals surface area contributed by atoms with E-state index >= 15 is 0 Å². The van der Waals surface area contributed by atoms with Crippen LogP contribution in [0.1, 0.15) is 33.1 Å². The standard InChI is InChI=1S/C12H22N2/c1-3-5-6-9-14-10-7-12(8-11-14)13-4-2/h12-13H,4,6-11H2,1-2H3. The van der Waals surface area contributed by atoms with E-state index in [-0.39, 0.29) is 0 Å². The van der Waals surface area contributed by atoms with Crippen molar-refractivity contribution in [2.75, 3.05) is 26.2 Å². The smallest absolute Gasteiger partial charge is 0.0216 e. The minimum atomic E-state index is 0.758. The Labute approximate surface area is 88.1 Å². The molecule has 0 radical (unpaired) electrons. The third-order valence-corrected chi connectivity index (χ3v) is 2.81. The Hall–Kier alpha value is -0.520. The zero-order chi connectivity index (χ0) is 10.2. The van der Waals surface area contributed by atoms with Gasteiger partial charge in [0.05, 0.1) is 0 Å². The minimum absolute atomic E-state index is 0.758. The summed E-state index contributed by atoms with van der Waals surface area (Å²) in [6.45, 7) is 8.83. The van der Waals surface area contributed by atoms with Crippen LogP contribution >= 0.6 is 0 Å². The molecule has 2 nitrogen and oxygen atoms in total. The normalized spacial score (nSPS) is 19.0. The number of nitrogens with one attached hydrogen (secondary N) is 1. The van der Waals surface area contributed by atoms with Gasteiger partial charge in [-0.2, -0.15) is 0 Å². The van der Waals surface area contributed by atoms with Crippen molar-refractivity contribution in [1.82, 2.24) is 10.2 Å². The summed E-state index contributed by atoms with van der Waals surface area (Å²) in [7, 11) is 0. The molecule has 1 aliphatic rings. The predicted octanol–water partition coefficient (Wildman–Crippen LogP) is 1.47. The lowest BCUT2D eigenvalue weighted by molar-refractivity contribution is 0.203. The first-order valence-electron chi connectivity index (χ1n) is 5.72. The zero-order valence-electron chi connectivity index (χ0n) is 9.47. The maximum absolute atomic E-state index is 3.52. The van der Waals surface area contributed by atoms with Gasteiger partial charge in [-0.1, -0.05) is 6.92 Å². The van der Waals surface area contributed by atoms with Crippen molar-refractivity contribution in [2.24, 2.45) is 0 Å². The Kier molecular flexibility index (Phi) is 5.66. The van der Waals surface area contributed by atoms with Crippen molar-refractivity contribution < 1.29 is 0 Å². The molecule has 0 spiro atoms. The molecule has 0 aromatic heterocycles. The van der Waals surface area contributed by atoms with Gasteiger partial charge in [-0.05, 0) is 39.4 Å². The topological polar surface area (TPSA) is 15.3 Å². The van der Waals surface area contributed by atoms with Gasteiger partial charge in [-0.15, -0.1) is 11.8 Å². The van der Waals surface area contributed by atoms with Crippen LogP contribution in [0.25, 0.3) is 0 Å². The summed E-state index contributed by atoms with van der Waals surface area (Å²) >= 11 is 0. The predicted molar refractivity (Wildman–Crippen MR) is 61.2 cm³/mol. The molecule has 0 unspecified atom stereocenters. The molecule has 0 aromatic carbocycles. The Morgan fingerprint density at radius 3 is 2.64 bits per heavy atom. The lowest BCUT2D eigenvalue weighted by Gasteiger charge is -2.31. The van der Waals surface area contributed by atoms with E-state index in [0.717, 1.165) is 25.6 Å². The molecule has 1 fully saturated rings. The summed E-state index contributed by atoms with van der Waals surface area (Å²) in [5, 5.41) is 3.52. The molecule has 0 atom stereocenters. The maximum atomic E-state index is 3.52. The lowest BCUT2D eigenvalue weighted by atomic mass is 10.1. The third kappa shape index (κ3) is 4.13. The highest BCUT2D eigenvalue weighted by atomic mass is 15.1. The number of likely N-dealkylation sites (tertiary alicyclic amines) is 1. The van der Waals surface area contributed by atoms with Gasteiger partial charge in [-0.25, -0.2) is 0 Å². The highest BCUT2D eigenvalue weighted by Gasteiger charge is 2.16. The summed E-state index contributed by atoms with van der Waals surface area (Å²) in [6.07, 6.45) is 3.63. The minimum Gasteiger partial charge on any atom is -0.314 e. The number of piperidine rings is 1. The second-order valence-electron chi connectivity index (χ2n) is 3.85. The van der Waals surface area contributed by atoms with Gasteiger partial charge in [0, 0.05) is 19.0 Å². The lowest BCUT2D eigenvalue weighted by Crippen LogP contribution is -2.42. The van der Waals surface area contributed by atoms with Crippen LogP contribution in [-0.2, 0) is 0 Å². The molecule has 1 heterocycles. The molecular weight excluding hydrogens is 172 g/mol. The molecule has 14 heavy (non-hydrogen) atoms. The molecule has 1 aliphatic heterocycles. The van der Waals surface area contributed by atoms with Gasteiger partial charge in [0.25, 0.3) is 0 Å². The van der Waals surface area contributed by atoms with E-state index < -0.39 is 0 Å². The summed E-state index contributed by atoms with van der Waals surface area (Å²) in [5.41, 5.74) is 0. The first kappa shape index (κ1) is 11.6. The summed E-state index contributed by atoms with van der Waals surface area (Å²) in [4.78, 5) is 2.53. The van der Waals surface area contributed by atoms with E-state index in [1.807, 2.05) is 6.92 Å². The number of rotatable bonds is 4. The quantitative estimate of drug-likeness (QED) is 0.682. The molecule has 0 amide bonds. The van der Waals surface area contributed by atoms with Gasteiger partial charge in [0.2, 0.25) is 0 Å². The fourth-order valence-corrected chi connectivity index (χ4v) is 1.99. The van der Waals surface area contributed by atoms with Crippen molar-refractivity contribution in [2.45, 2.75) is 39.2 Å². The van der Waals surface area contributed by atoms with Crippen LogP contribution in [-0.4, -0.2) is 37.1 Å². The molecule has 1 N–H and O–H groups in total. The van der Waals surface area contributed by atoms with Crippen LogP contribution in [0.2, 0.25) is 0 Å². The van der Waals surface area contributed by atoms with Crippen LogP contribution in [0.5, 0.6) is 0 Å². The number of hydrogen-bond acceptors (Lipinski definition) is 2. The van der Waals surface area contributed by atoms with Crippen LogP contribution < -0.4 is 5.32 Å². The van der Waals surface area contributed by atoms with Crippen molar-refractivity contribution in [1.29, 1.82) is 0 Å². The Bertz CT molecular complexity index is 194. The monoisotopic (exact) mass is 194 g/mol. The first-order chi connectivity index (χ1) is 6.86. The molecule has 0 bridgehead atoms. The summed E-state index contributed by atoms with van der Waals surface area (Å²) < 4.78 is 0. The highest BCUT2D eigenvalue weighted by Crippen LogP contribution is 2.09. The number of hydrogen-bond donors (Lipinski definition) is 1. The van der Waals surface area contributed by atoms with Crippen LogP contribution in [0.4, 0.5) is 0 Å². The molecule has 0 aliphatic carbocycles. The highest BCUT2D eigenvalue weighted by molar-refractivity contribution is 4.95. The Morgan fingerprint density at radius 1 is 1.36 bits per heavy atom. The van der Waals surface area contributed by atoms with Crippen LogP contribution in [0.3, 0.4) is 0 Å². The van der Waals surface area contributed by atoms with Crippen molar-refractivity contribution in [3.8, 4) is 11.8 Å². The first-order valence-corrected chi connectivity index (χ1v) is 5.72. The average molecular weight is 194 g/mol. The molecule has 2 heteroatoms. The van der Waals surface area contributed by atoms with E-state index in [1.54, 1.807) is 0 Å². The average Bonchev–Trinajstić information content (AvgIpc) is 2.21. The molecular formula is C12H22N2. The van der Waals surface area contributed by atoms with Crippen LogP contribution in [0, 0.1) is 11.8 Å². The zero-order valence-corrected chi connectivity index (χ0v) is 9.47. The SMILES string of the molecule is CC#CCCN1CCC(NCC)CC1. The van der Waals surface area contributed by atoms with Crippen molar-refractivity contribution in [3.05, 3.63) is 0 Å². The van der Waals surface area contributed by atoms with Crippen molar-refractivity contribution >= 4 is 0 Å². The summed E-state index contributed by atoms with van der Waals surface area (Å²) in [6, 6.07) is 0.758. The Morgan fingerprint density at radius 2 is 2.07 bits per heavy atom. The molecule has 1 saturated heterocycles.